The fourth-order valence-corrected chi connectivity index (χ4v) is 2.54. The van der Waals surface area contributed by atoms with Gasteiger partial charge in [-0.15, -0.1) is 0 Å². The summed E-state index contributed by atoms with van der Waals surface area (Å²) in [5.41, 5.74) is 0.594. The van der Waals surface area contributed by atoms with Gasteiger partial charge in [-0.3, -0.25) is 4.90 Å². The van der Waals surface area contributed by atoms with E-state index in [1.165, 1.54) is 0 Å². The van der Waals surface area contributed by atoms with E-state index in [-0.39, 0.29) is 6.04 Å². The maximum atomic E-state index is 5.31. The molecule has 0 radical (unpaired) electrons. The van der Waals surface area contributed by atoms with Crippen molar-refractivity contribution in [1.29, 1.82) is 0 Å². The van der Waals surface area contributed by atoms with Gasteiger partial charge in [-0.2, -0.15) is 4.98 Å². The molecule has 1 fully saturated rings. The van der Waals surface area contributed by atoms with Gasteiger partial charge in [-0.05, 0) is 13.3 Å². The van der Waals surface area contributed by atoms with Crippen molar-refractivity contribution in [2.24, 2.45) is 0 Å². The molecule has 0 aliphatic carbocycles. The summed E-state index contributed by atoms with van der Waals surface area (Å²) in [6, 6.07) is 1.99. The second-order valence-corrected chi connectivity index (χ2v) is 4.99. The smallest absolute Gasteiger partial charge is 0.280 e. The van der Waals surface area contributed by atoms with E-state index in [4.69, 9.17) is 9.05 Å². The molecule has 3 rings (SSSR count). The van der Waals surface area contributed by atoms with Crippen LogP contribution in [0.15, 0.2) is 15.1 Å². The van der Waals surface area contributed by atoms with Crippen LogP contribution in [0.25, 0.3) is 11.6 Å². The summed E-state index contributed by atoms with van der Waals surface area (Å²) < 4.78 is 10.3. The Morgan fingerprint density at radius 1 is 1.30 bits per heavy atom. The second-order valence-electron chi connectivity index (χ2n) is 4.99. The molecule has 2 aromatic rings. The number of rotatable bonds is 4. The molecule has 2 aromatic heterocycles. The van der Waals surface area contributed by atoms with Gasteiger partial charge in [0.05, 0.1) is 6.04 Å². The van der Waals surface area contributed by atoms with Gasteiger partial charge in [0.2, 0.25) is 0 Å². The molecule has 20 heavy (non-hydrogen) atoms. The summed E-state index contributed by atoms with van der Waals surface area (Å²) in [5, 5.41) is 11.4. The van der Waals surface area contributed by atoms with Gasteiger partial charge in [-0.1, -0.05) is 17.2 Å². The monoisotopic (exact) mass is 277 g/mol. The topological polar surface area (TPSA) is 80.2 Å². The molecular formula is C13H19N5O2. The van der Waals surface area contributed by atoms with E-state index in [0.29, 0.717) is 11.6 Å². The first-order chi connectivity index (χ1) is 9.78. The van der Waals surface area contributed by atoms with Gasteiger partial charge in [0, 0.05) is 32.2 Å². The maximum Gasteiger partial charge on any atom is 0.280 e. The molecule has 7 nitrogen and oxygen atoms in total. The highest BCUT2D eigenvalue weighted by Gasteiger charge is 2.25. The summed E-state index contributed by atoms with van der Waals surface area (Å²) in [4.78, 5) is 6.87. The van der Waals surface area contributed by atoms with Gasteiger partial charge >= 0.3 is 0 Å². The molecule has 0 amide bonds. The highest BCUT2D eigenvalue weighted by Crippen LogP contribution is 2.24. The highest BCUT2D eigenvalue weighted by atomic mass is 16.5. The number of hydrogen-bond acceptors (Lipinski definition) is 7. The number of nitrogens with one attached hydrogen (secondary N) is 1. The van der Waals surface area contributed by atoms with Crippen molar-refractivity contribution in [2.75, 3.05) is 26.2 Å². The van der Waals surface area contributed by atoms with Crippen molar-refractivity contribution in [3.8, 4) is 11.6 Å². The number of aryl methyl sites for hydroxylation is 1. The molecule has 0 spiro atoms. The molecule has 1 atom stereocenters. The Morgan fingerprint density at radius 3 is 2.75 bits per heavy atom. The third-order valence-corrected chi connectivity index (χ3v) is 3.57. The van der Waals surface area contributed by atoms with Gasteiger partial charge in [0.15, 0.2) is 11.5 Å². The Kier molecular flexibility index (Phi) is 3.79. The van der Waals surface area contributed by atoms with Gasteiger partial charge in [0.25, 0.3) is 5.89 Å². The number of hydrogen-bond donors (Lipinski definition) is 1. The molecule has 7 heteroatoms. The minimum atomic E-state index is 0.197. The Hall–Kier alpha value is -1.73. The van der Waals surface area contributed by atoms with E-state index in [0.717, 1.165) is 44.2 Å². The average Bonchev–Trinajstić information content (AvgIpc) is 3.10. The van der Waals surface area contributed by atoms with Crippen molar-refractivity contribution >= 4 is 0 Å². The van der Waals surface area contributed by atoms with E-state index in [1.54, 1.807) is 6.07 Å². The lowest BCUT2D eigenvalue weighted by molar-refractivity contribution is 0.160. The van der Waals surface area contributed by atoms with Gasteiger partial charge < -0.3 is 14.4 Å². The predicted molar refractivity (Wildman–Crippen MR) is 72.0 cm³/mol. The van der Waals surface area contributed by atoms with Crippen molar-refractivity contribution in [3.05, 3.63) is 17.7 Å². The summed E-state index contributed by atoms with van der Waals surface area (Å²) in [6.07, 6.45) is 0.955. The lowest BCUT2D eigenvalue weighted by Crippen LogP contribution is -2.45. The van der Waals surface area contributed by atoms with E-state index < -0.39 is 0 Å². The van der Waals surface area contributed by atoms with Crippen LogP contribution in [0.1, 0.15) is 31.0 Å². The molecule has 3 heterocycles. The van der Waals surface area contributed by atoms with E-state index >= 15 is 0 Å². The molecule has 1 N–H and O–H groups in total. The highest BCUT2D eigenvalue weighted by molar-refractivity contribution is 5.45. The molecule has 0 aromatic carbocycles. The zero-order valence-electron chi connectivity index (χ0n) is 11.8. The number of piperazine rings is 1. The molecule has 1 saturated heterocycles. The molecule has 1 aliphatic rings. The zero-order chi connectivity index (χ0) is 13.9. The molecule has 1 unspecified atom stereocenters. The fourth-order valence-electron chi connectivity index (χ4n) is 2.54. The Labute approximate surface area is 117 Å². The molecule has 0 bridgehead atoms. The fraction of sp³-hybridized carbons (Fsp3) is 0.615. The Balaban J connectivity index is 1.80. The van der Waals surface area contributed by atoms with Crippen LogP contribution in [-0.4, -0.2) is 46.4 Å². The summed E-state index contributed by atoms with van der Waals surface area (Å²) in [7, 11) is 0. The minimum Gasteiger partial charge on any atom is -0.361 e. The normalized spacial score (nSPS) is 18.3. The van der Waals surface area contributed by atoms with E-state index in [9.17, 15) is 0 Å². The average molecular weight is 277 g/mol. The molecule has 0 saturated carbocycles. The SMILES string of the molecule is CCC(c1noc(-c2cc(C)on2)n1)N1CCNCC1. The lowest BCUT2D eigenvalue weighted by atomic mass is 10.1. The molecular weight excluding hydrogens is 258 g/mol. The van der Waals surface area contributed by atoms with Crippen LogP contribution >= 0.6 is 0 Å². The number of aromatic nitrogens is 3. The lowest BCUT2D eigenvalue weighted by Gasteiger charge is -2.32. The van der Waals surface area contributed by atoms with Gasteiger partial charge in [0.1, 0.15) is 5.76 Å². The summed E-state index contributed by atoms with van der Waals surface area (Å²) >= 11 is 0. The van der Waals surface area contributed by atoms with Crippen LogP contribution in [0.4, 0.5) is 0 Å². The van der Waals surface area contributed by atoms with Crippen molar-refractivity contribution in [1.82, 2.24) is 25.5 Å². The zero-order valence-corrected chi connectivity index (χ0v) is 11.8. The first kappa shape index (κ1) is 13.3. The number of nitrogens with zero attached hydrogens (tertiary/aromatic N) is 4. The predicted octanol–water partition coefficient (Wildman–Crippen LogP) is 1.39. The quantitative estimate of drug-likeness (QED) is 0.904. The van der Waals surface area contributed by atoms with Crippen LogP contribution in [0, 0.1) is 6.92 Å². The first-order valence-electron chi connectivity index (χ1n) is 7.00. The van der Waals surface area contributed by atoms with Crippen molar-refractivity contribution < 1.29 is 9.05 Å². The van der Waals surface area contributed by atoms with Crippen LogP contribution in [0.5, 0.6) is 0 Å². The Bertz CT molecular complexity index is 559. The summed E-state index contributed by atoms with van der Waals surface area (Å²) in [6.45, 7) is 8.00. The van der Waals surface area contributed by atoms with Crippen LogP contribution in [0.3, 0.4) is 0 Å². The van der Waals surface area contributed by atoms with Crippen LogP contribution in [0.2, 0.25) is 0 Å². The Morgan fingerprint density at radius 2 is 2.10 bits per heavy atom. The largest absolute Gasteiger partial charge is 0.361 e. The minimum absolute atomic E-state index is 0.197. The van der Waals surface area contributed by atoms with Gasteiger partial charge in [-0.25, -0.2) is 0 Å². The molecule has 108 valence electrons. The van der Waals surface area contributed by atoms with E-state index in [1.807, 2.05) is 6.92 Å². The van der Waals surface area contributed by atoms with Crippen LogP contribution < -0.4 is 5.32 Å². The maximum absolute atomic E-state index is 5.31. The van der Waals surface area contributed by atoms with Crippen molar-refractivity contribution in [2.45, 2.75) is 26.3 Å². The second kappa shape index (κ2) is 5.72. The standard InChI is InChI=1S/C13H19N5O2/c1-3-11(18-6-4-14-5-7-18)12-15-13(20-17-12)10-8-9(2)19-16-10/h8,11,14H,3-7H2,1-2H3. The van der Waals surface area contributed by atoms with Crippen molar-refractivity contribution in [3.63, 3.8) is 0 Å². The third-order valence-electron chi connectivity index (χ3n) is 3.57. The van der Waals surface area contributed by atoms with E-state index in [2.05, 4.69) is 32.4 Å². The van der Waals surface area contributed by atoms with Crippen LogP contribution in [-0.2, 0) is 0 Å². The molecule has 1 aliphatic heterocycles. The first-order valence-corrected chi connectivity index (χ1v) is 7.00. The third kappa shape index (κ3) is 2.59. The summed E-state index contributed by atoms with van der Waals surface area (Å²) in [5.74, 6) is 1.88.